The number of ketones is 3. The smallest absolute Gasteiger partial charge is 0.198 e. The van der Waals surface area contributed by atoms with Crippen LogP contribution < -0.4 is 0 Å². The standard InChI is InChI=1S/C26H24O4/c1-26-11-10-15-14(18(26)8-9-20(26)28)7-6-13-12-19(27)22-23(21(13)15)25(30)17-5-3-2-4-16(17)24(22)29/h2-5,12,14-15,18,27H,6-11H2,1H3/t14-,15+,18+,26+/m1/s1. The molecule has 30 heavy (non-hydrogen) atoms. The van der Waals surface area contributed by atoms with E-state index in [0.29, 0.717) is 40.7 Å². The molecule has 0 aromatic heterocycles. The third-order valence-corrected chi connectivity index (χ3v) is 8.57. The summed E-state index contributed by atoms with van der Waals surface area (Å²) in [6, 6.07) is 8.62. The molecule has 0 amide bonds. The van der Waals surface area contributed by atoms with Crippen molar-refractivity contribution in [2.75, 3.05) is 0 Å². The highest BCUT2D eigenvalue weighted by Gasteiger charge is 2.55. The van der Waals surface area contributed by atoms with Crippen molar-refractivity contribution in [2.45, 2.75) is 51.4 Å². The average molecular weight is 400 g/mol. The van der Waals surface area contributed by atoms with Crippen molar-refractivity contribution in [3.63, 3.8) is 0 Å². The number of hydrogen-bond acceptors (Lipinski definition) is 4. The fourth-order valence-corrected chi connectivity index (χ4v) is 7.12. The van der Waals surface area contributed by atoms with Crippen LogP contribution in [0.5, 0.6) is 5.75 Å². The van der Waals surface area contributed by atoms with E-state index in [0.717, 1.165) is 43.2 Å². The van der Waals surface area contributed by atoms with Gasteiger partial charge in [-0.05, 0) is 67.1 Å². The Morgan fingerprint density at radius 1 is 0.933 bits per heavy atom. The lowest BCUT2D eigenvalue weighted by atomic mass is 9.54. The minimum atomic E-state index is -0.265. The maximum Gasteiger partial charge on any atom is 0.198 e. The predicted molar refractivity (Wildman–Crippen MR) is 111 cm³/mol. The summed E-state index contributed by atoms with van der Waals surface area (Å²) >= 11 is 0. The molecule has 2 saturated carbocycles. The van der Waals surface area contributed by atoms with Gasteiger partial charge in [0.2, 0.25) is 0 Å². The molecule has 0 bridgehead atoms. The van der Waals surface area contributed by atoms with E-state index in [2.05, 4.69) is 6.92 Å². The van der Waals surface area contributed by atoms with Crippen LogP contribution in [0.25, 0.3) is 0 Å². The SMILES string of the molecule is C[C@]12CC[C@@H]3c4c(cc(O)c5c4C(=O)c4ccccc4C5=O)CC[C@H]3[C@@H]1CCC2=O. The summed E-state index contributed by atoms with van der Waals surface area (Å²) in [5.74, 6) is 0.785. The zero-order chi connectivity index (χ0) is 20.8. The summed E-state index contributed by atoms with van der Waals surface area (Å²) in [6.07, 6.45) is 5.04. The monoisotopic (exact) mass is 400 g/mol. The molecule has 0 saturated heterocycles. The van der Waals surface area contributed by atoms with Crippen LogP contribution >= 0.6 is 0 Å². The first kappa shape index (κ1) is 18.1. The van der Waals surface area contributed by atoms with E-state index >= 15 is 0 Å². The average Bonchev–Trinajstić information content (AvgIpc) is 3.05. The highest BCUT2D eigenvalue weighted by molar-refractivity contribution is 6.30. The van der Waals surface area contributed by atoms with Crippen molar-refractivity contribution in [2.24, 2.45) is 17.3 Å². The number of fused-ring (bicyclic) bond motifs is 8. The Morgan fingerprint density at radius 3 is 2.37 bits per heavy atom. The lowest BCUT2D eigenvalue weighted by Gasteiger charge is -2.49. The second kappa shape index (κ2) is 5.90. The van der Waals surface area contributed by atoms with Crippen LogP contribution in [0.1, 0.15) is 87.9 Å². The highest BCUT2D eigenvalue weighted by atomic mass is 16.3. The zero-order valence-corrected chi connectivity index (χ0v) is 17.0. The number of aromatic hydroxyl groups is 1. The van der Waals surface area contributed by atoms with Crippen molar-refractivity contribution >= 4 is 17.3 Å². The van der Waals surface area contributed by atoms with Crippen LogP contribution in [0.15, 0.2) is 30.3 Å². The first-order chi connectivity index (χ1) is 14.4. The maximum absolute atomic E-state index is 13.6. The molecule has 2 fully saturated rings. The predicted octanol–water partition coefficient (Wildman–Crippen LogP) is 4.59. The molecule has 0 unspecified atom stereocenters. The fourth-order valence-electron chi connectivity index (χ4n) is 7.12. The molecular weight excluding hydrogens is 376 g/mol. The van der Waals surface area contributed by atoms with Gasteiger partial charge in [-0.3, -0.25) is 14.4 Å². The Morgan fingerprint density at radius 2 is 1.63 bits per heavy atom. The zero-order valence-electron chi connectivity index (χ0n) is 17.0. The number of carbonyl (C=O) groups excluding carboxylic acids is 3. The molecule has 0 radical (unpaired) electrons. The molecule has 0 spiro atoms. The summed E-state index contributed by atoms with van der Waals surface area (Å²) in [5, 5.41) is 10.7. The number of benzene rings is 2. The van der Waals surface area contributed by atoms with E-state index in [1.54, 1.807) is 30.3 Å². The second-order valence-corrected chi connectivity index (χ2v) is 9.76. The number of carbonyl (C=O) groups is 3. The van der Waals surface area contributed by atoms with E-state index in [1.807, 2.05) is 0 Å². The third kappa shape index (κ3) is 2.09. The Bertz CT molecular complexity index is 1160. The Balaban J connectivity index is 1.55. The fraction of sp³-hybridized carbons (Fsp3) is 0.423. The molecule has 2 aromatic rings. The Hall–Kier alpha value is -2.75. The van der Waals surface area contributed by atoms with E-state index in [1.165, 1.54) is 0 Å². The number of rotatable bonds is 0. The first-order valence-corrected chi connectivity index (χ1v) is 11.0. The normalized spacial score (nSPS) is 31.5. The van der Waals surface area contributed by atoms with Gasteiger partial charge in [0.1, 0.15) is 11.5 Å². The lowest BCUT2D eigenvalue weighted by molar-refractivity contribution is -0.129. The van der Waals surface area contributed by atoms with E-state index in [4.69, 9.17) is 0 Å². The molecule has 4 atom stereocenters. The van der Waals surface area contributed by atoms with Gasteiger partial charge in [-0.2, -0.15) is 0 Å². The molecule has 4 aliphatic rings. The van der Waals surface area contributed by atoms with Crippen LogP contribution in [0.2, 0.25) is 0 Å². The largest absolute Gasteiger partial charge is 0.507 e. The molecule has 4 heteroatoms. The molecule has 4 aliphatic carbocycles. The van der Waals surface area contributed by atoms with E-state index < -0.39 is 0 Å². The molecule has 0 heterocycles. The van der Waals surface area contributed by atoms with Gasteiger partial charge in [-0.1, -0.05) is 31.2 Å². The summed E-state index contributed by atoms with van der Waals surface area (Å²) in [5.41, 5.74) is 3.15. The van der Waals surface area contributed by atoms with Gasteiger partial charge in [-0.25, -0.2) is 0 Å². The summed E-state index contributed by atoms with van der Waals surface area (Å²) in [7, 11) is 0. The quantitative estimate of drug-likeness (QED) is 0.599. The molecule has 152 valence electrons. The number of aryl methyl sites for hydroxylation is 1. The minimum absolute atomic E-state index is 0.0771. The number of hydrogen-bond donors (Lipinski definition) is 1. The van der Waals surface area contributed by atoms with Gasteiger partial charge in [0, 0.05) is 28.5 Å². The number of phenols is 1. The highest BCUT2D eigenvalue weighted by Crippen LogP contribution is 2.60. The maximum atomic E-state index is 13.6. The van der Waals surface area contributed by atoms with Crippen molar-refractivity contribution in [3.8, 4) is 5.75 Å². The molecule has 0 aliphatic heterocycles. The van der Waals surface area contributed by atoms with Crippen LogP contribution in [0, 0.1) is 17.3 Å². The summed E-state index contributed by atoms with van der Waals surface area (Å²) in [4.78, 5) is 39.4. The number of phenolic OH excluding ortho intramolecular Hbond substituents is 1. The number of Topliss-reactive ketones (excluding diaryl/α,β-unsaturated/α-hetero) is 1. The topological polar surface area (TPSA) is 71.4 Å². The van der Waals surface area contributed by atoms with Crippen LogP contribution in [-0.2, 0) is 11.2 Å². The molecule has 2 aromatic carbocycles. The van der Waals surface area contributed by atoms with Crippen molar-refractivity contribution < 1.29 is 19.5 Å². The van der Waals surface area contributed by atoms with Gasteiger partial charge in [0.05, 0.1) is 5.56 Å². The second-order valence-electron chi connectivity index (χ2n) is 9.76. The third-order valence-electron chi connectivity index (χ3n) is 8.57. The van der Waals surface area contributed by atoms with Crippen molar-refractivity contribution in [1.29, 1.82) is 0 Å². The molecule has 4 nitrogen and oxygen atoms in total. The summed E-state index contributed by atoms with van der Waals surface area (Å²) < 4.78 is 0. The first-order valence-electron chi connectivity index (χ1n) is 11.0. The Labute approximate surface area is 175 Å². The van der Waals surface area contributed by atoms with Crippen LogP contribution in [0.4, 0.5) is 0 Å². The van der Waals surface area contributed by atoms with E-state index in [9.17, 15) is 19.5 Å². The van der Waals surface area contributed by atoms with Gasteiger partial charge in [0.15, 0.2) is 11.6 Å². The van der Waals surface area contributed by atoms with Crippen molar-refractivity contribution in [3.05, 3.63) is 63.7 Å². The Kier molecular flexibility index (Phi) is 3.55. The van der Waals surface area contributed by atoms with E-state index in [-0.39, 0.29) is 34.2 Å². The molecule has 1 N–H and O–H groups in total. The molecular formula is C26H24O4. The van der Waals surface area contributed by atoms with Gasteiger partial charge < -0.3 is 5.11 Å². The lowest BCUT2D eigenvalue weighted by Crippen LogP contribution is -2.43. The van der Waals surface area contributed by atoms with Gasteiger partial charge in [0.25, 0.3) is 0 Å². The van der Waals surface area contributed by atoms with Crippen LogP contribution in [-0.4, -0.2) is 22.5 Å². The summed E-state index contributed by atoms with van der Waals surface area (Å²) in [6.45, 7) is 2.13. The molecule has 6 rings (SSSR count). The van der Waals surface area contributed by atoms with Gasteiger partial charge >= 0.3 is 0 Å². The minimum Gasteiger partial charge on any atom is -0.507 e. The van der Waals surface area contributed by atoms with Crippen LogP contribution in [0.3, 0.4) is 0 Å². The van der Waals surface area contributed by atoms with Crippen molar-refractivity contribution in [1.82, 2.24) is 0 Å². The van der Waals surface area contributed by atoms with Gasteiger partial charge in [-0.15, -0.1) is 0 Å².